The molecule has 1 aliphatic heterocycles. The summed E-state index contributed by atoms with van der Waals surface area (Å²) in [6.45, 7) is 7.00. The average molecular weight is 424 g/mol. The summed E-state index contributed by atoms with van der Waals surface area (Å²) in [4.78, 5) is 25.8. The second kappa shape index (κ2) is 10.7. The summed E-state index contributed by atoms with van der Waals surface area (Å²) >= 11 is 0. The summed E-state index contributed by atoms with van der Waals surface area (Å²) in [5.74, 6) is -0.716. The molecule has 1 heterocycles. The Kier molecular flexibility index (Phi) is 7.78. The summed E-state index contributed by atoms with van der Waals surface area (Å²) in [5, 5.41) is 6.69. The Labute approximate surface area is 183 Å². The number of hydrazone groups is 1. The summed E-state index contributed by atoms with van der Waals surface area (Å²) in [6.07, 6.45) is 3.83. The van der Waals surface area contributed by atoms with Crippen LogP contribution in [-0.4, -0.2) is 37.7 Å². The van der Waals surface area contributed by atoms with Crippen LogP contribution in [0.2, 0.25) is 0 Å². The number of methoxy groups -OCH3 is 1. The molecule has 0 aromatic heterocycles. The van der Waals surface area contributed by atoms with Crippen LogP contribution in [0.1, 0.15) is 42.9 Å². The highest BCUT2D eigenvalue weighted by Crippen LogP contribution is 2.20. The molecule has 0 atom stereocenters. The van der Waals surface area contributed by atoms with E-state index in [-0.39, 0.29) is 0 Å². The zero-order valence-electron chi connectivity index (χ0n) is 18.5. The molecule has 0 bridgehead atoms. The predicted octanol–water partition coefficient (Wildman–Crippen LogP) is 2.05. The van der Waals surface area contributed by atoms with Gasteiger partial charge in [-0.25, -0.2) is 5.43 Å². The molecule has 1 aliphatic rings. The molecule has 0 saturated carbocycles. The van der Waals surface area contributed by atoms with Gasteiger partial charge >= 0.3 is 11.8 Å². The van der Waals surface area contributed by atoms with Crippen LogP contribution in [0.3, 0.4) is 0 Å². The van der Waals surface area contributed by atoms with Gasteiger partial charge in [0.15, 0.2) is 0 Å². The smallest absolute Gasteiger partial charge is 0.329 e. The van der Waals surface area contributed by atoms with E-state index in [0.717, 1.165) is 29.0 Å². The van der Waals surface area contributed by atoms with Crippen LogP contribution in [0.4, 0.5) is 5.69 Å². The number of ether oxygens (including phenoxy) is 1. The average Bonchev–Trinajstić information content (AvgIpc) is 2.79. The molecule has 7 heteroatoms. The van der Waals surface area contributed by atoms with Crippen LogP contribution in [0.15, 0.2) is 47.6 Å². The molecule has 2 aromatic carbocycles. The van der Waals surface area contributed by atoms with E-state index in [9.17, 15) is 9.59 Å². The lowest BCUT2D eigenvalue weighted by atomic mass is 10.0. The lowest BCUT2D eigenvalue weighted by Crippen LogP contribution is -3.11. The first-order valence-corrected chi connectivity index (χ1v) is 10.7. The second-order valence-corrected chi connectivity index (χ2v) is 7.97. The predicted molar refractivity (Wildman–Crippen MR) is 121 cm³/mol. The van der Waals surface area contributed by atoms with Crippen molar-refractivity contribution in [2.24, 2.45) is 5.10 Å². The first-order chi connectivity index (χ1) is 15.0. The van der Waals surface area contributed by atoms with E-state index < -0.39 is 11.8 Å². The van der Waals surface area contributed by atoms with Crippen molar-refractivity contribution in [1.82, 2.24) is 5.43 Å². The summed E-state index contributed by atoms with van der Waals surface area (Å²) in [6, 6.07) is 13.1. The highest BCUT2D eigenvalue weighted by Gasteiger charge is 2.18. The molecule has 7 nitrogen and oxygen atoms in total. The Bertz CT molecular complexity index is 948. The molecule has 3 rings (SSSR count). The lowest BCUT2D eigenvalue weighted by molar-refractivity contribution is -0.918. The summed E-state index contributed by atoms with van der Waals surface area (Å²) in [7, 11) is 1.68. The highest BCUT2D eigenvalue weighted by atomic mass is 16.5. The number of aryl methyl sites for hydroxylation is 1. The van der Waals surface area contributed by atoms with Gasteiger partial charge in [0.05, 0.1) is 25.9 Å². The first kappa shape index (κ1) is 22.5. The summed E-state index contributed by atoms with van der Waals surface area (Å²) < 4.78 is 5.54. The van der Waals surface area contributed by atoms with Gasteiger partial charge in [-0.1, -0.05) is 17.7 Å². The molecule has 3 N–H and O–H groups in total. The largest absolute Gasteiger partial charge is 0.496 e. The van der Waals surface area contributed by atoms with E-state index >= 15 is 0 Å². The number of carbonyl (C=O) groups excluding carboxylic acids is 2. The topological polar surface area (TPSA) is 84.2 Å². The van der Waals surface area contributed by atoms with Gasteiger partial charge in [0.2, 0.25) is 0 Å². The van der Waals surface area contributed by atoms with Crippen molar-refractivity contribution < 1.29 is 19.2 Å². The first-order valence-electron chi connectivity index (χ1n) is 10.7. The van der Waals surface area contributed by atoms with Gasteiger partial charge in [-0.2, -0.15) is 5.10 Å². The Morgan fingerprint density at radius 2 is 1.74 bits per heavy atom. The summed E-state index contributed by atoms with van der Waals surface area (Å²) in [5.41, 5.74) is 6.60. The van der Waals surface area contributed by atoms with Gasteiger partial charge in [-0.15, -0.1) is 0 Å². The standard InChI is InChI=1S/C24H30N4O3/c1-17-7-10-21(11-8-17)25-23(29)24(30)27-26-18(2)19-9-12-22(31-3)20(15-19)16-28-13-5-4-6-14-28/h7-12,15H,4-6,13-14,16H2,1-3H3,(H,25,29)(H,27,30)/p+1/b26-18-. The van der Waals surface area contributed by atoms with Crippen molar-refractivity contribution >= 4 is 23.2 Å². The molecule has 1 saturated heterocycles. The van der Waals surface area contributed by atoms with Crippen LogP contribution < -0.4 is 20.4 Å². The SMILES string of the molecule is COc1ccc(/C(C)=N\NC(=O)C(=O)Nc2ccc(C)cc2)cc1C[NH+]1CCCCC1. The molecule has 0 unspecified atom stereocenters. The van der Waals surface area contributed by atoms with Crippen molar-refractivity contribution in [1.29, 1.82) is 0 Å². The molecule has 2 amide bonds. The molecular weight excluding hydrogens is 392 g/mol. The number of hydrogen-bond donors (Lipinski definition) is 3. The van der Waals surface area contributed by atoms with Crippen LogP contribution in [0.25, 0.3) is 0 Å². The van der Waals surface area contributed by atoms with Gasteiger partial charge < -0.3 is 15.0 Å². The maximum atomic E-state index is 12.1. The van der Waals surface area contributed by atoms with Gasteiger partial charge in [-0.05, 0) is 69.0 Å². The normalized spacial score (nSPS) is 14.7. The zero-order valence-corrected chi connectivity index (χ0v) is 18.5. The van der Waals surface area contributed by atoms with Gasteiger partial charge in [0, 0.05) is 11.3 Å². The van der Waals surface area contributed by atoms with E-state index in [2.05, 4.69) is 21.9 Å². The molecule has 2 aromatic rings. The molecule has 0 aliphatic carbocycles. The quantitative estimate of drug-likeness (QED) is 0.378. The Hall–Kier alpha value is -3.19. The monoisotopic (exact) mass is 423 g/mol. The molecule has 164 valence electrons. The van der Waals surface area contributed by atoms with Crippen molar-refractivity contribution in [2.75, 3.05) is 25.5 Å². The van der Waals surface area contributed by atoms with E-state index in [1.165, 1.54) is 32.4 Å². The van der Waals surface area contributed by atoms with Crippen LogP contribution in [0, 0.1) is 6.92 Å². The minimum Gasteiger partial charge on any atom is -0.496 e. The van der Waals surface area contributed by atoms with Gasteiger partial charge in [0.25, 0.3) is 0 Å². The van der Waals surface area contributed by atoms with E-state index in [0.29, 0.717) is 11.4 Å². The number of rotatable bonds is 6. The molecule has 1 fully saturated rings. The van der Waals surface area contributed by atoms with E-state index in [4.69, 9.17) is 4.74 Å². The number of benzene rings is 2. The van der Waals surface area contributed by atoms with E-state index in [1.54, 1.807) is 31.1 Å². The third kappa shape index (κ3) is 6.39. The number of quaternary nitrogens is 1. The Morgan fingerprint density at radius 1 is 1.03 bits per heavy atom. The maximum absolute atomic E-state index is 12.1. The highest BCUT2D eigenvalue weighted by molar-refractivity contribution is 6.39. The van der Waals surface area contributed by atoms with Crippen LogP contribution in [-0.2, 0) is 16.1 Å². The van der Waals surface area contributed by atoms with Crippen LogP contribution >= 0.6 is 0 Å². The number of nitrogens with one attached hydrogen (secondary N) is 3. The number of likely N-dealkylation sites (tertiary alicyclic amines) is 1. The number of nitrogens with zero attached hydrogens (tertiary/aromatic N) is 1. The lowest BCUT2D eigenvalue weighted by Gasteiger charge is -2.24. The van der Waals surface area contributed by atoms with Gasteiger partial charge in [0.1, 0.15) is 12.3 Å². The van der Waals surface area contributed by atoms with Crippen molar-refractivity contribution in [2.45, 2.75) is 39.7 Å². The third-order valence-corrected chi connectivity index (χ3v) is 5.54. The maximum Gasteiger partial charge on any atom is 0.329 e. The van der Waals surface area contributed by atoms with Crippen molar-refractivity contribution in [3.63, 3.8) is 0 Å². The zero-order chi connectivity index (χ0) is 22.2. The third-order valence-electron chi connectivity index (χ3n) is 5.54. The fourth-order valence-electron chi connectivity index (χ4n) is 3.71. The number of piperidine rings is 1. The number of anilines is 1. The molecule has 0 spiro atoms. The second-order valence-electron chi connectivity index (χ2n) is 7.97. The van der Waals surface area contributed by atoms with Crippen molar-refractivity contribution in [3.05, 3.63) is 59.2 Å². The number of amides is 2. The Balaban J connectivity index is 1.64. The van der Waals surface area contributed by atoms with Gasteiger partial charge in [-0.3, -0.25) is 9.59 Å². The molecule has 0 radical (unpaired) electrons. The molecular formula is C24H31N4O3+. The number of carbonyl (C=O) groups is 2. The molecule has 31 heavy (non-hydrogen) atoms. The van der Waals surface area contributed by atoms with Crippen LogP contribution in [0.5, 0.6) is 5.75 Å². The van der Waals surface area contributed by atoms with E-state index in [1.807, 2.05) is 31.2 Å². The van der Waals surface area contributed by atoms with Crippen molar-refractivity contribution in [3.8, 4) is 5.75 Å². The minimum absolute atomic E-state index is 0.562. The fraction of sp³-hybridized carbons (Fsp3) is 0.375. The Morgan fingerprint density at radius 3 is 2.42 bits per heavy atom. The number of hydrogen-bond acceptors (Lipinski definition) is 4. The minimum atomic E-state index is -0.813. The fourth-order valence-corrected chi connectivity index (χ4v) is 3.71.